The van der Waals surface area contributed by atoms with Gasteiger partial charge in [0.15, 0.2) is 0 Å². The fourth-order valence-corrected chi connectivity index (χ4v) is 3.76. The first kappa shape index (κ1) is 32.1. The minimum Gasteiger partial charge on any atom is -0.480 e. The predicted octanol–water partition coefficient (Wildman–Crippen LogP) is 0.827. The number of nitrogens with one attached hydrogen (secondary N) is 3. The molecule has 8 N–H and O–H groups in total. The van der Waals surface area contributed by atoms with Gasteiger partial charge in [0.1, 0.15) is 18.1 Å². The first-order valence-corrected chi connectivity index (χ1v) is 13.5. The number of unbranched alkanes of at least 4 members (excludes halogenated alkanes) is 1. The number of carbonyl (C=O) groups excluding carboxylic acids is 3. The van der Waals surface area contributed by atoms with Crippen LogP contribution in [0.1, 0.15) is 66.2 Å². The van der Waals surface area contributed by atoms with Crippen molar-refractivity contribution in [1.82, 2.24) is 16.0 Å². The van der Waals surface area contributed by atoms with Gasteiger partial charge in [-0.3, -0.25) is 14.4 Å². The first-order valence-electron chi connectivity index (χ1n) is 12.1. The van der Waals surface area contributed by atoms with E-state index in [2.05, 4.69) is 16.0 Å². The zero-order valence-electron chi connectivity index (χ0n) is 21.3. The third-order valence-electron chi connectivity index (χ3n) is 5.70. The molecular formula is C23H45N5O5S. The van der Waals surface area contributed by atoms with Crippen LogP contribution in [-0.4, -0.2) is 71.5 Å². The van der Waals surface area contributed by atoms with Crippen molar-refractivity contribution in [2.24, 2.45) is 23.3 Å². The summed E-state index contributed by atoms with van der Waals surface area (Å²) >= 11 is 1.53. The number of carboxylic acids is 1. The third kappa shape index (κ3) is 12.6. The molecule has 0 spiro atoms. The molecule has 0 aromatic heterocycles. The van der Waals surface area contributed by atoms with Gasteiger partial charge in [-0.1, -0.05) is 34.1 Å². The van der Waals surface area contributed by atoms with E-state index >= 15 is 0 Å². The molecule has 0 aromatic rings. The Labute approximate surface area is 208 Å². The lowest BCUT2D eigenvalue weighted by atomic mass is 9.99. The van der Waals surface area contributed by atoms with E-state index in [9.17, 15) is 24.3 Å². The van der Waals surface area contributed by atoms with E-state index in [0.717, 1.165) is 6.42 Å². The van der Waals surface area contributed by atoms with E-state index in [1.807, 2.05) is 34.0 Å². The van der Waals surface area contributed by atoms with Gasteiger partial charge in [-0.05, 0) is 62.5 Å². The lowest BCUT2D eigenvalue weighted by Crippen LogP contribution is -2.57. The highest BCUT2D eigenvalue weighted by Gasteiger charge is 2.30. The minimum absolute atomic E-state index is 0.0482. The van der Waals surface area contributed by atoms with Crippen LogP contribution in [0, 0.1) is 11.8 Å². The average molecular weight is 504 g/mol. The molecule has 0 saturated carbocycles. The van der Waals surface area contributed by atoms with E-state index < -0.39 is 47.9 Å². The van der Waals surface area contributed by atoms with Crippen LogP contribution in [0.25, 0.3) is 0 Å². The Morgan fingerprint density at radius 1 is 0.882 bits per heavy atom. The van der Waals surface area contributed by atoms with Crippen LogP contribution in [0.2, 0.25) is 0 Å². The van der Waals surface area contributed by atoms with Crippen molar-refractivity contribution < 1.29 is 24.3 Å². The molecule has 0 saturated heterocycles. The van der Waals surface area contributed by atoms with Gasteiger partial charge in [-0.15, -0.1) is 0 Å². The quantitative estimate of drug-likeness (QED) is 0.149. The zero-order valence-corrected chi connectivity index (χ0v) is 22.1. The van der Waals surface area contributed by atoms with Crippen LogP contribution in [0.15, 0.2) is 0 Å². The van der Waals surface area contributed by atoms with Gasteiger partial charge in [0.25, 0.3) is 0 Å². The fraction of sp³-hybridized carbons (Fsp3) is 0.826. The summed E-state index contributed by atoms with van der Waals surface area (Å²) in [5, 5.41) is 17.5. The highest BCUT2D eigenvalue weighted by molar-refractivity contribution is 7.98. The van der Waals surface area contributed by atoms with Crippen LogP contribution in [0.4, 0.5) is 0 Å². The molecule has 198 valence electrons. The number of carbonyl (C=O) groups is 4. The molecule has 3 amide bonds. The molecule has 0 aromatic carbocycles. The van der Waals surface area contributed by atoms with Crippen LogP contribution < -0.4 is 27.4 Å². The number of carboxylic acid groups (broad SMARTS) is 1. The summed E-state index contributed by atoms with van der Waals surface area (Å²) in [7, 11) is 0. The van der Waals surface area contributed by atoms with Gasteiger partial charge in [0.2, 0.25) is 17.7 Å². The van der Waals surface area contributed by atoms with E-state index in [4.69, 9.17) is 11.5 Å². The molecule has 0 fully saturated rings. The van der Waals surface area contributed by atoms with Crippen LogP contribution in [0.5, 0.6) is 0 Å². The number of nitrogens with two attached hydrogens (primary N) is 2. The van der Waals surface area contributed by atoms with E-state index in [0.29, 0.717) is 38.0 Å². The lowest BCUT2D eigenvalue weighted by Gasteiger charge is -2.26. The van der Waals surface area contributed by atoms with Crippen LogP contribution >= 0.6 is 11.8 Å². The molecule has 0 rings (SSSR count). The van der Waals surface area contributed by atoms with Gasteiger partial charge in [-0.25, -0.2) is 4.79 Å². The van der Waals surface area contributed by atoms with E-state index in [1.165, 1.54) is 11.8 Å². The van der Waals surface area contributed by atoms with Gasteiger partial charge < -0.3 is 32.5 Å². The van der Waals surface area contributed by atoms with Crippen molar-refractivity contribution in [3.05, 3.63) is 0 Å². The van der Waals surface area contributed by atoms with Crippen LogP contribution in [0.3, 0.4) is 0 Å². The number of hydrogen-bond donors (Lipinski definition) is 6. The highest BCUT2D eigenvalue weighted by atomic mass is 32.2. The standard InChI is InChI=1S/C23H45N5O5S/c1-6-15(4)19(25)22(31)27-17(10-12-34-5)21(30)26-16(9-7-8-11-24)20(29)28-18(23(32)33)13-14(2)3/h14-19H,6-13,24-25H2,1-5H3,(H,26,30)(H,27,31)(H,28,29)(H,32,33). The molecule has 10 nitrogen and oxygen atoms in total. The summed E-state index contributed by atoms with van der Waals surface area (Å²) in [6, 6.07) is -3.59. The van der Waals surface area contributed by atoms with Crippen molar-refractivity contribution in [2.75, 3.05) is 18.6 Å². The van der Waals surface area contributed by atoms with E-state index in [1.54, 1.807) is 0 Å². The maximum absolute atomic E-state index is 13.1. The van der Waals surface area contributed by atoms with Gasteiger partial charge >= 0.3 is 5.97 Å². The monoisotopic (exact) mass is 503 g/mol. The molecule has 0 aliphatic heterocycles. The van der Waals surface area contributed by atoms with Crippen molar-refractivity contribution in [2.45, 2.75) is 90.4 Å². The molecular weight excluding hydrogens is 458 g/mol. The number of amides is 3. The maximum atomic E-state index is 13.1. The summed E-state index contributed by atoms with van der Waals surface area (Å²) in [5.41, 5.74) is 11.6. The van der Waals surface area contributed by atoms with Crippen molar-refractivity contribution in [3.8, 4) is 0 Å². The average Bonchev–Trinajstić information content (AvgIpc) is 2.78. The van der Waals surface area contributed by atoms with Crippen molar-refractivity contribution in [1.29, 1.82) is 0 Å². The van der Waals surface area contributed by atoms with Crippen molar-refractivity contribution in [3.63, 3.8) is 0 Å². The smallest absolute Gasteiger partial charge is 0.326 e. The zero-order chi connectivity index (χ0) is 26.3. The molecule has 0 heterocycles. The Kier molecular flexibility index (Phi) is 16.6. The van der Waals surface area contributed by atoms with Gasteiger partial charge in [0.05, 0.1) is 6.04 Å². The SMILES string of the molecule is CCC(C)C(N)C(=O)NC(CCSC)C(=O)NC(CCCCN)C(=O)NC(CC(C)C)C(=O)O. The van der Waals surface area contributed by atoms with Gasteiger partial charge in [-0.2, -0.15) is 11.8 Å². The Morgan fingerprint density at radius 3 is 1.88 bits per heavy atom. The largest absolute Gasteiger partial charge is 0.480 e. The topological polar surface area (TPSA) is 177 Å². The summed E-state index contributed by atoms with van der Waals surface area (Å²) in [4.78, 5) is 50.2. The van der Waals surface area contributed by atoms with Crippen LogP contribution in [-0.2, 0) is 19.2 Å². The number of rotatable bonds is 18. The number of hydrogen-bond acceptors (Lipinski definition) is 7. The Hall–Kier alpha value is -1.85. The lowest BCUT2D eigenvalue weighted by molar-refractivity contribution is -0.142. The number of aliphatic carboxylic acids is 1. The molecule has 11 heteroatoms. The first-order chi connectivity index (χ1) is 16.0. The Balaban J connectivity index is 5.50. The summed E-state index contributed by atoms with van der Waals surface area (Å²) in [6.07, 6.45) is 4.80. The maximum Gasteiger partial charge on any atom is 0.326 e. The Bertz CT molecular complexity index is 649. The Morgan fingerprint density at radius 2 is 1.41 bits per heavy atom. The minimum atomic E-state index is -1.13. The second-order valence-electron chi connectivity index (χ2n) is 9.13. The molecule has 0 aliphatic rings. The second kappa shape index (κ2) is 17.6. The normalized spacial score (nSPS) is 15.6. The third-order valence-corrected chi connectivity index (χ3v) is 6.35. The molecule has 0 radical (unpaired) electrons. The molecule has 34 heavy (non-hydrogen) atoms. The molecule has 5 unspecified atom stereocenters. The molecule has 5 atom stereocenters. The van der Waals surface area contributed by atoms with E-state index in [-0.39, 0.29) is 18.3 Å². The van der Waals surface area contributed by atoms with Gasteiger partial charge in [0, 0.05) is 0 Å². The predicted molar refractivity (Wildman–Crippen MR) is 136 cm³/mol. The fourth-order valence-electron chi connectivity index (χ4n) is 3.28. The summed E-state index contributed by atoms with van der Waals surface area (Å²) < 4.78 is 0. The summed E-state index contributed by atoms with van der Waals surface area (Å²) in [5.74, 6) is -1.97. The number of thioether (sulfide) groups is 1. The van der Waals surface area contributed by atoms with Crippen molar-refractivity contribution >= 4 is 35.5 Å². The second-order valence-corrected chi connectivity index (χ2v) is 10.1. The molecule has 0 aliphatic carbocycles. The summed E-state index contributed by atoms with van der Waals surface area (Å²) in [6.45, 7) is 7.98. The highest BCUT2D eigenvalue weighted by Crippen LogP contribution is 2.10. The molecule has 0 bridgehead atoms.